The second-order valence-corrected chi connectivity index (χ2v) is 5.14. The summed E-state index contributed by atoms with van der Waals surface area (Å²) in [5.41, 5.74) is 1.31. The van der Waals surface area contributed by atoms with Crippen LogP contribution in [0.4, 0.5) is 0 Å². The molecule has 0 saturated heterocycles. The fraction of sp³-hybridized carbons (Fsp3) is 0.786. The summed E-state index contributed by atoms with van der Waals surface area (Å²) in [6.07, 6.45) is 9.02. The zero-order chi connectivity index (χ0) is 12.5. The van der Waals surface area contributed by atoms with E-state index < -0.39 is 0 Å². The van der Waals surface area contributed by atoms with Crippen molar-refractivity contribution in [1.82, 2.24) is 14.9 Å². The second kappa shape index (κ2) is 8.29. The highest BCUT2D eigenvalue weighted by atomic mass is 15.1. The molecule has 1 N–H and O–H groups in total. The summed E-state index contributed by atoms with van der Waals surface area (Å²) in [6.45, 7) is 9.90. The van der Waals surface area contributed by atoms with E-state index in [2.05, 4.69) is 35.6 Å². The number of hydrogen-bond acceptors (Lipinski definition) is 2. The monoisotopic (exact) mass is 237 g/mol. The van der Waals surface area contributed by atoms with Crippen LogP contribution in [0.3, 0.4) is 0 Å². The Balaban J connectivity index is 2.25. The Hall–Kier alpha value is -0.830. The van der Waals surface area contributed by atoms with Gasteiger partial charge in [-0.2, -0.15) is 0 Å². The van der Waals surface area contributed by atoms with E-state index in [1.54, 1.807) is 0 Å². The molecule has 1 aromatic heterocycles. The fourth-order valence-corrected chi connectivity index (χ4v) is 1.92. The van der Waals surface area contributed by atoms with Crippen molar-refractivity contribution in [3.05, 3.63) is 18.2 Å². The van der Waals surface area contributed by atoms with Crippen LogP contribution in [0, 0.1) is 5.92 Å². The Morgan fingerprint density at radius 1 is 1.35 bits per heavy atom. The van der Waals surface area contributed by atoms with E-state index >= 15 is 0 Å². The average molecular weight is 237 g/mol. The first-order valence-electron chi connectivity index (χ1n) is 6.93. The highest BCUT2D eigenvalue weighted by Crippen LogP contribution is 2.08. The third-order valence-corrected chi connectivity index (χ3v) is 2.96. The molecular formula is C14H27N3. The Labute approximate surface area is 106 Å². The molecule has 0 spiro atoms. The number of nitrogens with zero attached hydrogens (tertiary/aromatic N) is 2. The van der Waals surface area contributed by atoms with Gasteiger partial charge in [-0.3, -0.25) is 0 Å². The first-order valence-corrected chi connectivity index (χ1v) is 6.93. The van der Waals surface area contributed by atoms with E-state index in [0.717, 1.165) is 25.6 Å². The molecule has 0 fully saturated rings. The van der Waals surface area contributed by atoms with E-state index in [-0.39, 0.29) is 0 Å². The van der Waals surface area contributed by atoms with E-state index in [0.29, 0.717) is 0 Å². The predicted molar refractivity (Wildman–Crippen MR) is 72.9 cm³/mol. The van der Waals surface area contributed by atoms with Gasteiger partial charge in [0.25, 0.3) is 0 Å². The number of imidazole rings is 1. The molecule has 0 atom stereocenters. The first-order chi connectivity index (χ1) is 8.24. The quantitative estimate of drug-likeness (QED) is 0.668. The summed E-state index contributed by atoms with van der Waals surface area (Å²) in [7, 11) is 0. The first kappa shape index (κ1) is 14.2. The molecule has 1 rings (SSSR count). The third-order valence-electron chi connectivity index (χ3n) is 2.96. The van der Waals surface area contributed by atoms with Gasteiger partial charge in [-0.05, 0) is 25.3 Å². The molecule has 98 valence electrons. The lowest BCUT2D eigenvalue weighted by Crippen LogP contribution is -2.16. The molecular weight excluding hydrogens is 210 g/mol. The van der Waals surface area contributed by atoms with E-state index in [4.69, 9.17) is 0 Å². The third kappa shape index (κ3) is 5.87. The molecule has 0 aromatic carbocycles. The van der Waals surface area contributed by atoms with Crippen LogP contribution in [0.5, 0.6) is 0 Å². The molecule has 17 heavy (non-hydrogen) atoms. The minimum Gasteiger partial charge on any atom is -0.333 e. The highest BCUT2D eigenvalue weighted by molar-refractivity contribution is 4.97. The van der Waals surface area contributed by atoms with E-state index in [9.17, 15) is 0 Å². The van der Waals surface area contributed by atoms with Crippen molar-refractivity contribution >= 4 is 0 Å². The molecule has 3 nitrogen and oxygen atoms in total. The molecule has 0 bridgehead atoms. The van der Waals surface area contributed by atoms with Crippen molar-refractivity contribution in [3.63, 3.8) is 0 Å². The lowest BCUT2D eigenvalue weighted by molar-refractivity contribution is 0.500. The highest BCUT2D eigenvalue weighted by Gasteiger charge is 2.01. The summed E-state index contributed by atoms with van der Waals surface area (Å²) in [4.78, 5) is 4.24. The lowest BCUT2D eigenvalue weighted by Gasteiger charge is -2.09. The van der Waals surface area contributed by atoms with Crippen LogP contribution in [0.2, 0.25) is 0 Å². The molecule has 0 unspecified atom stereocenters. The lowest BCUT2D eigenvalue weighted by atomic mass is 10.1. The number of rotatable bonds is 9. The van der Waals surface area contributed by atoms with Crippen molar-refractivity contribution in [2.24, 2.45) is 5.92 Å². The molecule has 1 aromatic rings. The summed E-state index contributed by atoms with van der Waals surface area (Å²) >= 11 is 0. The van der Waals surface area contributed by atoms with Gasteiger partial charge < -0.3 is 9.88 Å². The van der Waals surface area contributed by atoms with Crippen LogP contribution in [-0.4, -0.2) is 16.1 Å². The standard InChI is InChI=1S/C14H27N3/c1-4-8-15-10-14-11-16-12-17(14)9-6-5-7-13(2)3/h11-13,15H,4-10H2,1-3H3. The second-order valence-electron chi connectivity index (χ2n) is 5.14. The fourth-order valence-electron chi connectivity index (χ4n) is 1.92. The van der Waals surface area contributed by atoms with Gasteiger partial charge in [0.05, 0.1) is 12.0 Å². The van der Waals surface area contributed by atoms with Crippen molar-refractivity contribution in [1.29, 1.82) is 0 Å². The number of nitrogens with one attached hydrogen (secondary N) is 1. The zero-order valence-corrected chi connectivity index (χ0v) is 11.6. The Morgan fingerprint density at radius 3 is 2.88 bits per heavy atom. The van der Waals surface area contributed by atoms with Gasteiger partial charge in [-0.25, -0.2) is 4.98 Å². The van der Waals surface area contributed by atoms with Crippen LogP contribution < -0.4 is 5.32 Å². The van der Waals surface area contributed by atoms with Gasteiger partial charge in [0.1, 0.15) is 0 Å². The maximum absolute atomic E-state index is 4.24. The van der Waals surface area contributed by atoms with Crippen molar-refractivity contribution in [2.45, 2.75) is 59.5 Å². The molecule has 0 aliphatic carbocycles. The largest absolute Gasteiger partial charge is 0.333 e. The number of aromatic nitrogens is 2. The minimum absolute atomic E-state index is 0.823. The molecule has 0 saturated carbocycles. The maximum Gasteiger partial charge on any atom is 0.0948 e. The van der Waals surface area contributed by atoms with Crippen LogP contribution in [0.25, 0.3) is 0 Å². The van der Waals surface area contributed by atoms with Crippen LogP contribution in [0.15, 0.2) is 12.5 Å². The summed E-state index contributed by atoms with van der Waals surface area (Å²) in [5, 5.41) is 3.43. The molecule has 0 aliphatic rings. The van der Waals surface area contributed by atoms with Gasteiger partial charge in [0, 0.05) is 19.3 Å². The normalized spacial score (nSPS) is 11.3. The zero-order valence-electron chi connectivity index (χ0n) is 11.6. The van der Waals surface area contributed by atoms with Crippen molar-refractivity contribution in [3.8, 4) is 0 Å². The number of unbranched alkanes of at least 4 members (excludes halogenated alkanes) is 1. The van der Waals surface area contributed by atoms with Crippen LogP contribution in [0.1, 0.15) is 52.1 Å². The van der Waals surface area contributed by atoms with Crippen LogP contribution in [-0.2, 0) is 13.1 Å². The minimum atomic E-state index is 0.823. The Bertz CT molecular complexity index is 291. The smallest absolute Gasteiger partial charge is 0.0948 e. The van der Waals surface area contributed by atoms with Crippen molar-refractivity contribution < 1.29 is 0 Å². The molecule has 1 heterocycles. The topological polar surface area (TPSA) is 29.9 Å². The summed E-state index contributed by atoms with van der Waals surface area (Å²) in [6, 6.07) is 0. The molecule has 0 amide bonds. The van der Waals surface area contributed by atoms with Gasteiger partial charge >= 0.3 is 0 Å². The summed E-state index contributed by atoms with van der Waals surface area (Å²) < 4.78 is 2.28. The summed E-state index contributed by atoms with van der Waals surface area (Å²) in [5.74, 6) is 0.823. The van der Waals surface area contributed by atoms with Crippen LogP contribution >= 0.6 is 0 Å². The number of hydrogen-bond donors (Lipinski definition) is 1. The van der Waals surface area contributed by atoms with Gasteiger partial charge in [-0.1, -0.05) is 33.6 Å². The number of aryl methyl sites for hydroxylation is 1. The molecule has 0 radical (unpaired) electrons. The van der Waals surface area contributed by atoms with Gasteiger partial charge in [0.2, 0.25) is 0 Å². The SMILES string of the molecule is CCCNCc1cncn1CCCCC(C)C. The van der Waals surface area contributed by atoms with E-state index in [1.807, 2.05) is 12.5 Å². The molecule has 3 heteroatoms. The average Bonchev–Trinajstić information content (AvgIpc) is 2.72. The van der Waals surface area contributed by atoms with Crippen molar-refractivity contribution in [2.75, 3.05) is 6.54 Å². The maximum atomic E-state index is 4.24. The van der Waals surface area contributed by atoms with Gasteiger partial charge in [-0.15, -0.1) is 0 Å². The van der Waals surface area contributed by atoms with E-state index in [1.165, 1.54) is 31.4 Å². The molecule has 0 aliphatic heterocycles. The Kier molecular flexibility index (Phi) is 6.94. The predicted octanol–water partition coefficient (Wildman–Crippen LogP) is 3.21. The Morgan fingerprint density at radius 2 is 2.18 bits per heavy atom. The van der Waals surface area contributed by atoms with Gasteiger partial charge in [0.15, 0.2) is 0 Å².